The maximum absolute atomic E-state index is 13.2. The molecule has 0 spiro atoms. The lowest BCUT2D eigenvalue weighted by Gasteiger charge is -2.26. The number of hydrogen-bond donors (Lipinski definition) is 1. The topological polar surface area (TPSA) is 106 Å². The van der Waals surface area contributed by atoms with Gasteiger partial charge in [-0.2, -0.15) is 17.5 Å². The van der Waals surface area contributed by atoms with Crippen molar-refractivity contribution < 1.29 is 31.1 Å². The van der Waals surface area contributed by atoms with E-state index in [1.165, 1.54) is 57.0 Å². The van der Waals surface area contributed by atoms with Crippen LogP contribution in [0.2, 0.25) is 0 Å². The lowest BCUT2D eigenvalue weighted by atomic mass is 10.2. The standard InChI is InChI=1S/C22H22F3N5O4S2/c1-35-21-28-27-19(30(21)17-4-2-3-16(13-17)22(23,24)25)14-26-20(31)15-5-7-18(8-6-15)36(32,33)29-9-11-34-12-10-29/h2-8,13H,9-12,14H2,1H3,(H,26,31). The second kappa shape index (κ2) is 10.6. The first-order chi connectivity index (χ1) is 17.1. The number of hydrogen-bond acceptors (Lipinski definition) is 7. The molecule has 3 aromatic rings. The van der Waals surface area contributed by atoms with E-state index in [9.17, 15) is 26.4 Å². The first kappa shape index (κ1) is 26.1. The van der Waals surface area contributed by atoms with E-state index in [4.69, 9.17) is 4.74 Å². The number of sulfonamides is 1. The van der Waals surface area contributed by atoms with E-state index in [2.05, 4.69) is 15.5 Å². The number of thioether (sulfide) groups is 1. The molecule has 4 rings (SSSR count). The molecule has 0 aliphatic carbocycles. The van der Waals surface area contributed by atoms with Crippen LogP contribution in [-0.2, 0) is 27.5 Å². The highest BCUT2D eigenvalue weighted by Gasteiger charge is 2.31. The number of carbonyl (C=O) groups is 1. The van der Waals surface area contributed by atoms with Crippen LogP contribution in [0.5, 0.6) is 0 Å². The summed E-state index contributed by atoms with van der Waals surface area (Å²) in [6.07, 6.45) is -2.80. The maximum atomic E-state index is 13.2. The van der Waals surface area contributed by atoms with Crippen LogP contribution in [0.3, 0.4) is 0 Å². The number of rotatable bonds is 7. The van der Waals surface area contributed by atoms with E-state index in [0.717, 1.165) is 12.1 Å². The molecule has 1 aliphatic rings. The Morgan fingerprint density at radius 2 is 1.81 bits per heavy atom. The molecule has 1 amide bonds. The molecule has 0 bridgehead atoms. The van der Waals surface area contributed by atoms with Crippen LogP contribution in [0, 0.1) is 0 Å². The Bertz CT molecular complexity index is 1340. The fourth-order valence-corrected chi connectivity index (χ4v) is 5.53. The highest BCUT2D eigenvalue weighted by Crippen LogP contribution is 2.31. The quantitative estimate of drug-likeness (QED) is 0.459. The molecule has 2 aromatic carbocycles. The number of amides is 1. The van der Waals surface area contributed by atoms with E-state index in [1.54, 1.807) is 6.26 Å². The van der Waals surface area contributed by atoms with Gasteiger partial charge in [0.1, 0.15) is 0 Å². The van der Waals surface area contributed by atoms with Crippen molar-refractivity contribution in [1.82, 2.24) is 24.4 Å². The minimum atomic E-state index is -4.51. The molecule has 14 heteroatoms. The van der Waals surface area contributed by atoms with Crippen LogP contribution < -0.4 is 5.32 Å². The zero-order chi connectivity index (χ0) is 25.9. The van der Waals surface area contributed by atoms with Crippen molar-refractivity contribution in [3.05, 3.63) is 65.5 Å². The van der Waals surface area contributed by atoms with Gasteiger partial charge in [-0.25, -0.2) is 8.42 Å². The normalized spacial score (nSPS) is 15.1. The SMILES string of the molecule is CSc1nnc(CNC(=O)c2ccc(S(=O)(=O)N3CCOCC3)cc2)n1-c1cccc(C(F)(F)F)c1. The van der Waals surface area contributed by atoms with E-state index in [0.29, 0.717) is 18.4 Å². The molecular weight excluding hydrogens is 519 g/mol. The van der Waals surface area contributed by atoms with E-state index >= 15 is 0 Å². The number of benzene rings is 2. The molecule has 9 nitrogen and oxygen atoms in total. The summed E-state index contributed by atoms with van der Waals surface area (Å²) >= 11 is 1.20. The number of nitrogens with one attached hydrogen (secondary N) is 1. The van der Waals surface area contributed by atoms with Crippen LogP contribution in [0.4, 0.5) is 13.2 Å². The van der Waals surface area contributed by atoms with Gasteiger partial charge < -0.3 is 10.1 Å². The van der Waals surface area contributed by atoms with Crippen LogP contribution in [-0.4, -0.2) is 66.0 Å². The highest BCUT2D eigenvalue weighted by atomic mass is 32.2. The average molecular weight is 542 g/mol. The Balaban J connectivity index is 1.50. The van der Waals surface area contributed by atoms with Crippen molar-refractivity contribution in [3.8, 4) is 5.69 Å². The van der Waals surface area contributed by atoms with Crippen molar-refractivity contribution in [2.24, 2.45) is 0 Å². The van der Waals surface area contributed by atoms with Gasteiger partial charge in [0.15, 0.2) is 11.0 Å². The largest absolute Gasteiger partial charge is 0.416 e. The Morgan fingerprint density at radius 1 is 1.11 bits per heavy atom. The third kappa shape index (κ3) is 5.56. The number of ether oxygens (including phenoxy) is 1. The molecule has 1 aliphatic heterocycles. The van der Waals surface area contributed by atoms with Gasteiger partial charge in [-0.05, 0) is 48.7 Å². The second-order valence-electron chi connectivity index (χ2n) is 7.71. The Hall–Kier alpha value is -2.94. The van der Waals surface area contributed by atoms with Gasteiger partial charge in [0.2, 0.25) is 10.0 Å². The number of halogens is 3. The van der Waals surface area contributed by atoms with E-state index in [1.807, 2.05) is 0 Å². The van der Waals surface area contributed by atoms with Crippen molar-refractivity contribution in [3.63, 3.8) is 0 Å². The average Bonchev–Trinajstić information content (AvgIpc) is 3.30. The van der Waals surface area contributed by atoms with Crippen LogP contribution in [0.1, 0.15) is 21.7 Å². The predicted molar refractivity (Wildman–Crippen MR) is 125 cm³/mol. The third-order valence-electron chi connectivity index (χ3n) is 5.45. The van der Waals surface area contributed by atoms with Crippen LogP contribution >= 0.6 is 11.8 Å². The van der Waals surface area contributed by atoms with Gasteiger partial charge in [0.05, 0.1) is 35.9 Å². The Morgan fingerprint density at radius 3 is 2.44 bits per heavy atom. The van der Waals surface area contributed by atoms with Crippen LogP contribution in [0.15, 0.2) is 58.6 Å². The molecule has 1 N–H and O–H groups in total. The third-order valence-corrected chi connectivity index (χ3v) is 7.99. The number of alkyl halides is 3. The van der Waals surface area contributed by atoms with E-state index < -0.39 is 27.7 Å². The number of morpholine rings is 1. The molecular formula is C22H22F3N5O4S2. The summed E-state index contributed by atoms with van der Waals surface area (Å²) < 4.78 is 73.0. The summed E-state index contributed by atoms with van der Waals surface area (Å²) in [5.41, 5.74) is -0.393. The number of carbonyl (C=O) groups excluding carboxylic acids is 1. The molecule has 192 valence electrons. The lowest BCUT2D eigenvalue weighted by Crippen LogP contribution is -2.40. The number of aromatic nitrogens is 3. The van der Waals surface area contributed by atoms with Crippen molar-refractivity contribution >= 4 is 27.7 Å². The second-order valence-corrected chi connectivity index (χ2v) is 10.4. The summed E-state index contributed by atoms with van der Waals surface area (Å²) in [6, 6.07) is 10.3. The summed E-state index contributed by atoms with van der Waals surface area (Å²) in [5.74, 6) is -0.270. The zero-order valence-corrected chi connectivity index (χ0v) is 20.7. The van der Waals surface area contributed by atoms with Gasteiger partial charge in [-0.15, -0.1) is 10.2 Å². The van der Waals surface area contributed by atoms with Crippen molar-refractivity contribution in [2.75, 3.05) is 32.6 Å². The Kier molecular flexibility index (Phi) is 7.68. The first-order valence-corrected chi connectivity index (χ1v) is 13.4. The lowest BCUT2D eigenvalue weighted by molar-refractivity contribution is -0.137. The monoisotopic (exact) mass is 541 g/mol. The fraction of sp³-hybridized carbons (Fsp3) is 0.318. The predicted octanol–water partition coefficient (Wildman–Crippen LogP) is 2.96. The molecule has 36 heavy (non-hydrogen) atoms. The van der Waals surface area contributed by atoms with Gasteiger partial charge in [0, 0.05) is 18.7 Å². The Labute approximate surface area is 209 Å². The molecule has 0 saturated carbocycles. The summed E-state index contributed by atoms with van der Waals surface area (Å²) in [5, 5.41) is 11.0. The van der Waals surface area contributed by atoms with Crippen molar-refractivity contribution in [2.45, 2.75) is 22.8 Å². The summed E-state index contributed by atoms with van der Waals surface area (Å²) in [4.78, 5) is 12.8. The molecule has 0 unspecified atom stereocenters. The van der Waals surface area contributed by atoms with E-state index in [-0.39, 0.29) is 41.6 Å². The van der Waals surface area contributed by atoms with Gasteiger partial charge >= 0.3 is 6.18 Å². The fourth-order valence-electron chi connectivity index (χ4n) is 3.60. The smallest absolute Gasteiger partial charge is 0.379 e. The zero-order valence-electron chi connectivity index (χ0n) is 19.0. The first-order valence-electron chi connectivity index (χ1n) is 10.7. The van der Waals surface area contributed by atoms with Gasteiger partial charge in [0.25, 0.3) is 5.91 Å². The molecule has 1 aromatic heterocycles. The maximum Gasteiger partial charge on any atom is 0.416 e. The summed E-state index contributed by atoms with van der Waals surface area (Å²) in [7, 11) is -3.69. The van der Waals surface area contributed by atoms with Crippen LogP contribution in [0.25, 0.3) is 5.69 Å². The molecule has 2 heterocycles. The van der Waals surface area contributed by atoms with Gasteiger partial charge in [-0.3, -0.25) is 9.36 Å². The highest BCUT2D eigenvalue weighted by molar-refractivity contribution is 7.98. The molecule has 1 saturated heterocycles. The number of nitrogens with zero attached hydrogens (tertiary/aromatic N) is 4. The van der Waals surface area contributed by atoms with Gasteiger partial charge in [-0.1, -0.05) is 17.8 Å². The minimum absolute atomic E-state index is 0.0647. The van der Waals surface area contributed by atoms with Crippen molar-refractivity contribution in [1.29, 1.82) is 0 Å². The summed E-state index contributed by atoms with van der Waals surface area (Å²) in [6.45, 7) is 1.05. The molecule has 1 fully saturated rings. The molecule has 0 radical (unpaired) electrons. The minimum Gasteiger partial charge on any atom is -0.379 e. The molecule has 0 atom stereocenters.